The summed E-state index contributed by atoms with van der Waals surface area (Å²) >= 11 is 0. The Morgan fingerprint density at radius 2 is 2.16 bits per heavy atom. The molecular weight excluding hydrogens is 242 g/mol. The molecule has 0 aromatic carbocycles. The van der Waals surface area contributed by atoms with Gasteiger partial charge in [-0.3, -0.25) is 4.79 Å². The number of nitrogen functional groups attached to an aromatic ring is 1. The predicted molar refractivity (Wildman–Crippen MR) is 77.1 cm³/mol. The van der Waals surface area contributed by atoms with Gasteiger partial charge in [0, 0.05) is 19.2 Å². The molecule has 0 radical (unpaired) electrons. The minimum atomic E-state index is -0.0174. The van der Waals surface area contributed by atoms with Gasteiger partial charge in [0.15, 0.2) is 0 Å². The number of amides is 1. The lowest BCUT2D eigenvalue weighted by atomic mass is 10.0. The van der Waals surface area contributed by atoms with Crippen molar-refractivity contribution in [3.05, 3.63) is 11.9 Å². The van der Waals surface area contributed by atoms with Crippen molar-refractivity contribution < 1.29 is 4.79 Å². The number of hydrogen-bond acceptors (Lipinski definition) is 5. The predicted octanol–water partition coefficient (Wildman–Crippen LogP) is 1.14. The van der Waals surface area contributed by atoms with Crippen molar-refractivity contribution in [3.8, 4) is 0 Å². The van der Waals surface area contributed by atoms with Crippen LogP contribution in [0.25, 0.3) is 0 Å². The van der Waals surface area contributed by atoms with Crippen LogP contribution in [0.5, 0.6) is 0 Å². The molecule has 0 aliphatic rings. The minimum Gasteiger partial charge on any atom is -0.383 e. The van der Waals surface area contributed by atoms with E-state index in [4.69, 9.17) is 5.73 Å². The van der Waals surface area contributed by atoms with E-state index in [1.807, 2.05) is 27.8 Å². The van der Waals surface area contributed by atoms with Crippen LogP contribution in [-0.2, 0) is 4.79 Å². The molecule has 1 aromatic heterocycles. The second-order valence-electron chi connectivity index (χ2n) is 4.86. The second kappa shape index (κ2) is 6.92. The Bertz CT molecular complexity index is 433. The highest BCUT2D eigenvalue weighted by molar-refractivity contribution is 5.81. The number of nitrogens with zero attached hydrogens (tertiary/aromatic N) is 3. The van der Waals surface area contributed by atoms with Gasteiger partial charge in [-0.1, -0.05) is 20.8 Å². The lowest BCUT2D eigenvalue weighted by molar-refractivity contribution is -0.119. The largest absolute Gasteiger partial charge is 0.383 e. The van der Waals surface area contributed by atoms with E-state index in [0.29, 0.717) is 18.2 Å². The summed E-state index contributed by atoms with van der Waals surface area (Å²) in [7, 11) is 1.83. The highest BCUT2D eigenvalue weighted by Crippen LogP contribution is 2.28. The Hall–Kier alpha value is -1.85. The third-order valence-corrected chi connectivity index (χ3v) is 2.79. The van der Waals surface area contributed by atoms with Gasteiger partial charge >= 0.3 is 0 Å². The first-order valence-electron chi connectivity index (χ1n) is 6.55. The van der Waals surface area contributed by atoms with Gasteiger partial charge in [0.05, 0.1) is 6.54 Å². The number of likely N-dealkylation sites (N-methyl/N-ethyl adjacent to an activating group) is 1. The van der Waals surface area contributed by atoms with Crippen LogP contribution in [0, 0.1) is 0 Å². The summed E-state index contributed by atoms with van der Waals surface area (Å²) in [6.45, 7) is 7.03. The average molecular weight is 265 g/mol. The maximum absolute atomic E-state index is 11.7. The zero-order valence-electron chi connectivity index (χ0n) is 12.1. The van der Waals surface area contributed by atoms with Crippen molar-refractivity contribution in [2.45, 2.75) is 33.1 Å². The van der Waals surface area contributed by atoms with E-state index >= 15 is 0 Å². The van der Waals surface area contributed by atoms with Crippen molar-refractivity contribution in [1.29, 1.82) is 0 Å². The Balaban J connectivity index is 2.85. The number of rotatable bonds is 6. The van der Waals surface area contributed by atoms with E-state index in [-0.39, 0.29) is 18.4 Å². The first-order chi connectivity index (χ1) is 8.97. The van der Waals surface area contributed by atoms with Crippen LogP contribution in [0.2, 0.25) is 0 Å². The van der Waals surface area contributed by atoms with Gasteiger partial charge in [-0.25, -0.2) is 9.97 Å². The van der Waals surface area contributed by atoms with Crippen molar-refractivity contribution in [3.63, 3.8) is 0 Å². The molecule has 0 fully saturated rings. The number of nitrogens with one attached hydrogen (secondary N) is 1. The molecule has 0 aliphatic heterocycles. The SMILES string of the molecule is CCCNC(=O)CN(C)c1ncnc(N)c1C(C)C. The molecule has 1 rings (SSSR count). The van der Waals surface area contributed by atoms with E-state index in [0.717, 1.165) is 12.0 Å². The Morgan fingerprint density at radius 3 is 2.74 bits per heavy atom. The van der Waals surface area contributed by atoms with Gasteiger partial charge in [0.2, 0.25) is 5.91 Å². The molecule has 0 atom stereocenters. The molecule has 1 aromatic rings. The molecule has 19 heavy (non-hydrogen) atoms. The fraction of sp³-hybridized carbons (Fsp3) is 0.615. The summed E-state index contributed by atoms with van der Waals surface area (Å²) in [6, 6.07) is 0. The summed E-state index contributed by atoms with van der Waals surface area (Å²) in [5.41, 5.74) is 6.78. The van der Waals surface area contributed by atoms with Gasteiger partial charge < -0.3 is 16.0 Å². The summed E-state index contributed by atoms with van der Waals surface area (Å²) in [6.07, 6.45) is 2.35. The summed E-state index contributed by atoms with van der Waals surface area (Å²) < 4.78 is 0. The van der Waals surface area contributed by atoms with E-state index in [1.54, 1.807) is 4.90 Å². The quantitative estimate of drug-likeness (QED) is 0.806. The van der Waals surface area contributed by atoms with Crippen molar-refractivity contribution in [2.75, 3.05) is 30.8 Å². The molecule has 0 bridgehead atoms. The maximum atomic E-state index is 11.7. The molecule has 6 nitrogen and oxygen atoms in total. The fourth-order valence-corrected chi connectivity index (χ4v) is 1.87. The number of hydrogen-bond donors (Lipinski definition) is 2. The lowest BCUT2D eigenvalue weighted by Gasteiger charge is -2.22. The topological polar surface area (TPSA) is 84.1 Å². The molecular formula is C13H23N5O. The molecule has 0 saturated heterocycles. The summed E-state index contributed by atoms with van der Waals surface area (Å²) in [5.74, 6) is 1.38. The fourth-order valence-electron chi connectivity index (χ4n) is 1.87. The van der Waals surface area contributed by atoms with Gasteiger partial charge in [-0.05, 0) is 12.3 Å². The molecule has 0 spiro atoms. The zero-order chi connectivity index (χ0) is 14.4. The molecule has 0 unspecified atom stereocenters. The van der Waals surface area contributed by atoms with Crippen molar-refractivity contribution >= 4 is 17.5 Å². The van der Waals surface area contributed by atoms with Crippen LogP contribution >= 0.6 is 0 Å². The Kier molecular flexibility index (Phi) is 5.54. The summed E-state index contributed by atoms with van der Waals surface area (Å²) in [4.78, 5) is 21.8. The maximum Gasteiger partial charge on any atom is 0.239 e. The monoisotopic (exact) mass is 265 g/mol. The van der Waals surface area contributed by atoms with E-state index in [9.17, 15) is 4.79 Å². The van der Waals surface area contributed by atoms with Crippen LogP contribution in [-0.4, -0.2) is 36.0 Å². The zero-order valence-corrected chi connectivity index (χ0v) is 12.1. The minimum absolute atomic E-state index is 0.0174. The molecule has 106 valence electrons. The molecule has 1 heterocycles. The Morgan fingerprint density at radius 1 is 1.47 bits per heavy atom. The molecule has 3 N–H and O–H groups in total. The van der Waals surface area contributed by atoms with Crippen LogP contribution in [0.4, 0.5) is 11.6 Å². The third kappa shape index (κ3) is 4.08. The van der Waals surface area contributed by atoms with Gasteiger partial charge in [-0.2, -0.15) is 0 Å². The van der Waals surface area contributed by atoms with E-state index in [1.165, 1.54) is 6.33 Å². The molecule has 6 heteroatoms. The van der Waals surface area contributed by atoms with Crippen LogP contribution in [0.15, 0.2) is 6.33 Å². The Labute approximate surface area is 114 Å². The first kappa shape index (κ1) is 15.2. The molecule has 0 aliphatic carbocycles. The average Bonchev–Trinajstić information content (AvgIpc) is 2.35. The van der Waals surface area contributed by atoms with Crippen molar-refractivity contribution in [1.82, 2.24) is 15.3 Å². The van der Waals surface area contributed by atoms with Crippen LogP contribution < -0.4 is 16.0 Å². The van der Waals surface area contributed by atoms with Gasteiger partial charge in [-0.15, -0.1) is 0 Å². The van der Waals surface area contributed by atoms with Crippen molar-refractivity contribution in [2.24, 2.45) is 0 Å². The normalized spacial score (nSPS) is 10.6. The number of aromatic nitrogens is 2. The standard InChI is InChI=1S/C13H23N5O/c1-5-6-15-10(19)7-18(4)13-11(9(2)3)12(14)16-8-17-13/h8-9H,5-7H2,1-4H3,(H,15,19)(H2,14,16,17). The number of carbonyl (C=O) groups excluding carboxylic acids is 1. The smallest absolute Gasteiger partial charge is 0.239 e. The highest BCUT2D eigenvalue weighted by atomic mass is 16.2. The van der Waals surface area contributed by atoms with Gasteiger partial charge in [0.25, 0.3) is 0 Å². The third-order valence-electron chi connectivity index (χ3n) is 2.79. The second-order valence-corrected chi connectivity index (χ2v) is 4.86. The van der Waals surface area contributed by atoms with Crippen LogP contribution in [0.1, 0.15) is 38.7 Å². The van der Waals surface area contributed by atoms with E-state index < -0.39 is 0 Å². The van der Waals surface area contributed by atoms with Crippen LogP contribution in [0.3, 0.4) is 0 Å². The number of carbonyl (C=O) groups is 1. The van der Waals surface area contributed by atoms with Gasteiger partial charge in [0.1, 0.15) is 18.0 Å². The lowest BCUT2D eigenvalue weighted by Crippen LogP contribution is -2.36. The summed E-state index contributed by atoms with van der Waals surface area (Å²) in [5, 5.41) is 2.84. The molecule has 1 amide bonds. The number of anilines is 2. The first-order valence-corrected chi connectivity index (χ1v) is 6.55. The molecule has 0 saturated carbocycles. The number of nitrogens with two attached hydrogens (primary N) is 1. The van der Waals surface area contributed by atoms with E-state index in [2.05, 4.69) is 15.3 Å². The highest BCUT2D eigenvalue weighted by Gasteiger charge is 2.17.